The van der Waals surface area contributed by atoms with Gasteiger partial charge in [0.2, 0.25) is 10.0 Å². The van der Waals surface area contributed by atoms with E-state index in [0.717, 1.165) is 19.6 Å². The maximum atomic E-state index is 12.8. The fourth-order valence-corrected chi connectivity index (χ4v) is 4.94. The third-order valence-electron chi connectivity index (χ3n) is 4.53. The number of nitrogens with one attached hydrogen (secondary N) is 2. The van der Waals surface area contributed by atoms with Crippen LogP contribution in [0.5, 0.6) is 0 Å². The number of hydrogen-bond acceptors (Lipinski definition) is 4. The highest BCUT2D eigenvalue weighted by atomic mass is 35.5. The molecule has 2 aromatic rings. The molecular formula is C17H21ClN3O3S2+. The number of carbonyl (C=O) groups is 1. The third-order valence-corrected chi connectivity index (χ3v) is 7.16. The van der Waals surface area contributed by atoms with Crippen LogP contribution in [0.3, 0.4) is 0 Å². The van der Waals surface area contributed by atoms with Crippen LogP contribution in [0.25, 0.3) is 0 Å². The maximum Gasteiger partial charge on any atom is 0.254 e. The van der Waals surface area contributed by atoms with E-state index >= 15 is 0 Å². The summed E-state index contributed by atoms with van der Waals surface area (Å²) in [6.45, 7) is 4.01. The minimum atomic E-state index is -3.71. The van der Waals surface area contributed by atoms with Crippen LogP contribution >= 0.6 is 22.9 Å². The molecule has 1 aliphatic rings. The normalized spacial score (nSPS) is 16.0. The van der Waals surface area contributed by atoms with Gasteiger partial charge >= 0.3 is 0 Å². The van der Waals surface area contributed by atoms with Gasteiger partial charge in [0, 0.05) is 11.1 Å². The van der Waals surface area contributed by atoms with Gasteiger partial charge in [0.05, 0.1) is 31.2 Å². The lowest BCUT2D eigenvalue weighted by atomic mass is 10.1. The maximum absolute atomic E-state index is 12.8. The highest BCUT2D eigenvalue weighted by Crippen LogP contribution is 2.23. The number of rotatable bonds is 5. The zero-order chi connectivity index (χ0) is 18.7. The van der Waals surface area contributed by atoms with Crippen LogP contribution in [0, 0.1) is 0 Å². The molecule has 1 aromatic carbocycles. The molecule has 1 saturated heterocycles. The molecule has 140 valence electrons. The van der Waals surface area contributed by atoms with Gasteiger partial charge in [-0.1, -0.05) is 11.6 Å². The molecule has 26 heavy (non-hydrogen) atoms. The van der Waals surface area contributed by atoms with E-state index in [0.29, 0.717) is 18.7 Å². The lowest BCUT2D eigenvalue weighted by molar-refractivity contribution is -0.917. The van der Waals surface area contributed by atoms with Gasteiger partial charge in [-0.25, -0.2) is 13.1 Å². The van der Waals surface area contributed by atoms with E-state index in [4.69, 9.17) is 11.6 Å². The first-order chi connectivity index (χ1) is 12.4. The number of nitrogens with zero attached hydrogens (tertiary/aromatic N) is 1. The Morgan fingerprint density at radius 2 is 2.04 bits per heavy atom. The number of quaternary nitrogens is 1. The van der Waals surface area contributed by atoms with Crippen molar-refractivity contribution in [2.24, 2.45) is 0 Å². The van der Waals surface area contributed by atoms with Crippen LogP contribution in [0.4, 0.5) is 0 Å². The Kier molecular flexibility index (Phi) is 5.99. The van der Waals surface area contributed by atoms with E-state index in [1.54, 1.807) is 22.3 Å². The molecule has 2 N–H and O–H groups in total. The fraction of sp³-hybridized carbons (Fsp3) is 0.353. The number of thiophene rings is 1. The van der Waals surface area contributed by atoms with Gasteiger partial charge in [-0.2, -0.15) is 11.3 Å². The van der Waals surface area contributed by atoms with E-state index in [-0.39, 0.29) is 15.8 Å². The standard InChI is InChI=1S/C17H20ClN3O3S2/c1-19-26(23,24)16-10-14(2-3-15(16)18)17(22)21-7-5-20(6-8-21)11-13-4-9-25-12-13/h2-4,9-10,12,19H,5-8,11H2,1H3/p+1. The minimum absolute atomic E-state index is 0.0748. The summed E-state index contributed by atoms with van der Waals surface area (Å²) in [6.07, 6.45) is 0. The Morgan fingerprint density at radius 3 is 2.65 bits per heavy atom. The molecule has 0 unspecified atom stereocenters. The van der Waals surface area contributed by atoms with Gasteiger partial charge in [-0.05, 0) is 42.1 Å². The summed E-state index contributed by atoms with van der Waals surface area (Å²) in [7, 11) is -2.39. The predicted molar refractivity (Wildman–Crippen MR) is 102 cm³/mol. The van der Waals surface area contributed by atoms with Crippen LogP contribution in [-0.2, 0) is 16.6 Å². The van der Waals surface area contributed by atoms with Crippen molar-refractivity contribution >= 4 is 38.9 Å². The fourth-order valence-electron chi connectivity index (χ4n) is 3.02. The number of halogens is 1. The zero-order valence-corrected chi connectivity index (χ0v) is 16.8. The number of sulfonamides is 1. The highest BCUT2D eigenvalue weighted by Gasteiger charge is 2.26. The van der Waals surface area contributed by atoms with Gasteiger partial charge in [0.1, 0.15) is 11.4 Å². The second-order valence-electron chi connectivity index (χ2n) is 6.20. The van der Waals surface area contributed by atoms with Gasteiger partial charge in [-0.15, -0.1) is 0 Å². The van der Waals surface area contributed by atoms with Crippen LogP contribution in [-0.4, -0.2) is 52.5 Å². The molecular weight excluding hydrogens is 394 g/mol. The molecule has 9 heteroatoms. The third kappa shape index (κ3) is 4.27. The van der Waals surface area contributed by atoms with Crippen molar-refractivity contribution in [2.75, 3.05) is 33.2 Å². The first-order valence-electron chi connectivity index (χ1n) is 8.28. The molecule has 3 rings (SSSR count). The van der Waals surface area contributed by atoms with Crippen molar-refractivity contribution in [3.05, 3.63) is 51.2 Å². The molecule has 6 nitrogen and oxygen atoms in total. The second kappa shape index (κ2) is 8.06. The van der Waals surface area contributed by atoms with Crippen molar-refractivity contribution in [3.8, 4) is 0 Å². The van der Waals surface area contributed by atoms with Gasteiger partial charge in [-0.3, -0.25) is 4.79 Å². The average molecular weight is 415 g/mol. The highest BCUT2D eigenvalue weighted by molar-refractivity contribution is 7.89. The van der Waals surface area contributed by atoms with Crippen molar-refractivity contribution in [1.82, 2.24) is 9.62 Å². The largest absolute Gasteiger partial charge is 0.328 e. The number of hydrogen-bond donors (Lipinski definition) is 2. The monoisotopic (exact) mass is 414 g/mol. The zero-order valence-electron chi connectivity index (χ0n) is 14.4. The Labute approximate surface area is 162 Å². The summed E-state index contributed by atoms with van der Waals surface area (Å²) in [5.74, 6) is -0.163. The molecule has 0 bridgehead atoms. The quantitative estimate of drug-likeness (QED) is 0.762. The van der Waals surface area contributed by atoms with Crippen molar-refractivity contribution < 1.29 is 18.1 Å². The van der Waals surface area contributed by atoms with E-state index in [2.05, 4.69) is 21.5 Å². The van der Waals surface area contributed by atoms with Gasteiger partial charge < -0.3 is 9.80 Å². The molecule has 1 aromatic heterocycles. The number of benzene rings is 1. The summed E-state index contributed by atoms with van der Waals surface area (Å²) < 4.78 is 26.3. The molecule has 0 aliphatic carbocycles. The Morgan fingerprint density at radius 1 is 1.31 bits per heavy atom. The molecule has 0 spiro atoms. The van der Waals surface area contributed by atoms with E-state index < -0.39 is 10.0 Å². The molecule has 1 fully saturated rings. The topological polar surface area (TPSA) is 70.9 Å². The second-order valence-corrected chi connectivity index (χ2v) is 9.25. The SMILES string of the molecule is CNS(=O)(=O)c1cc(C(=O)N2CC[NH+](Cc3ccsc3)CC2)ccc1Cl. The Bertz CT molecular complexity index is 877. The number of piperazine rings is 1. The van der Waals surface area contributed by atoms with Crippen LogP contribution in [0.2, 0.25) is 5.02 Å². The van der Waals surface area contributed by atoms with Crippen molar-refractivity contribution in [1.29, 1.82) is 0 Å². The molecule has 2 heterocycles. The Balaban J connectivity index is 1.68. The number of amides is 1. The average Bonchev–Trinajstić information content (AvgIpc) is 3.15. The van der Waals surface area contributed by atoms with E-state index in [1.807, 2.05) is 0 Å². The Hall–Kier alpha value is -1.45. The molecule has 0 saturated carbocycles. The van der Waals surface area contributed by atoms with Gasteiger partial charge in [0.15, 0.2) is 0 Å². The van der Waals surface area contributed by atoms with Crippen LogP contribution < -0.4 is 9.62 Å². The first kappa shape index (κ1) is 19.3. The lowest BCUT2D eigenvalue weighted by Crippen LogP contribution is -3.13. The molecule has 0 atom stereocenters. The van der Waals surface area contributed by atoms with Crippen LogP contribution in [0.1, 0.15) is 15.9 Å². The smallest absolute Gasteiger partial charge is 0.254 e. The summed E-state index contributed by atoms with van der Waals surface area (Å²) in [5.41, 5.74) is 1.66. The van der Waals surface area contributed by atoms with Crippen molar-refractivity contribution in [3.63, 3.8) is 0 Å². The first-order valence-corrected chi connectivity index (χ1v) is 11.1. The molecule has 1 aliphatic heterocycles. The molecule has 0 radical (unpaired) electrons. The number of carbonyl (C=O) groups excluding carboxylic acids is 1. The predicted octanol–water partition coefficient (Wildman–Crippen LogP) is 0.851. The lowest BCUT2D eigenvalue weighted by Gasteiger charge is -2.32. The molecule has 1 amide bonds. The minimum Gasteiger partial charge on any atom is -0.328 e. The summed E-state index contributed by atoms with van der Waals surface area (Å²) in [5, 5.41) is 4.33. The van der Waals surface area contributed by atoms with E-state index in [9.17, 15) is 13.2 Å². The van der Waals surface area contributed by atoms with Gasteiger partial charge in [0.25, 0.3) is 5.91 Å². The summed E-state index contributed by atoms with van der Waals surface area (Å²) >= 11 is 7.68. The summed E-state index contributed by atoms with van der Waals surface area (Å²) in [6, 6.07) is 6.51. The summed E-state index contributed by atoms with van der Waals surface area (Å²) in [4.78, 5) is 15.9. The van der Waals surface area contributed by atoms with E-state index in [1.165, 1.54) is 29.6 Å². The van der Waals surface area contributed by atoms with Crippen LogP contribution in [0.15, 0.2) is 39.9 Å². The van der Waals surface area contributed by atoms with Crippen molar-refractivity contribution in [2.45, 2.75) is 11.4 Å².